The van der Waals surface area contributed by atoms with Crippen molar-refractivity contribution in [1.29, 1.82) is 0 Å². The maximum Gasteiger partial charge on any atom is 0.112 e. The number of nitrogens with zero attached hydrogens (tertiary/aromatic N) is 2. The van der Waals surface area contributed by atoms with Crippen LogP contribution >= 0.6 is 0 Å². The highest BCUT2D eigenvalue weighted by atomic mass is 15.1. The molecule has 0 bridgehead atoms. The molecule has 2 fully saturated rings. The number of hydrogen-bond donors (Lipinski definition) is 1. The first-order valence-electron chi connectivity index (χ1n) is 7.50. The van der Waals surface area contributed by atoms with E-state index in [0.717, 1.165) is 12.6 Å². The van der Waals surface area contributed by atoms with Crippen LogP contribution in [0.15, 0.2) is 18.2 Å². The largest absolute Gasteiger partial charge is 0.331 e. The van der Waals surface area contributed by atoms with Gasteiger partial charge in [0.1, 0.15) is 5.82 Å². The van der Waals surface area contributed by atoms with E-state index in [4.69, 9.17) is 4.98 Å². The van der Waals surface area contributed by atoms with Crippen LogP contribution in [0, 0.1) is 0 Å². The standard InChI is InChI=1S/C16H21N3/c1-19-15-8-5-11(10-17-13-6-7-13)9-14(15)18-16(19)12-3-2-4-12/h5,8-9,12-13,17H,2-4,6-7,10H2,1H3. The Morgan fingerprint density at radius 2 is 2.11 bits per heavy atom. The van der Waals surface area contributed by atoms with Gasteiger partial charge in [0.05, 0.1) is 11.0 Å². The Kier molecular flexibility index (Phi) is 2.62. The van der Waals surface area contributed by atoms with Crippen molar-refractivity contribution in [3.8, 4) is 0 Å². The zero-order chi connectivity index (χ0) is 12.8. The van der Waals surface area contributed by atoms with Crippen LogP contribution in [0.25, 0.3) is 11.0 Å². The van der Waals surface area contributed by atoms with Gasteiger partial charge in [-0.3, -0.25) is 0 Å². The molecule has 19 heavy (non-hydrogen) atoms. The van der Waals surface area contributed by atoms with E-state index in [0.29, 0.717) is 5.92 Å². The molecule has 100 valence electrons. The molecular formula is C16H21N3. The molecule has 4 rings (SSSR count). The molecule has 3 nitrogen and oxygen atoms in total. The van der Waals surface area contributed by atoms with Crippen molar-refractivity contribution >= 4 is 11.0 Å². The second kappa shape index (κ2) is 4.34. The summed E-state index contributed by atoms with van der Waals surface area (Å²) in [6, 6.07) is 7.50. The fraction of sp³-hybridized carbons (Fsp3) is 0.562. The van der Waals surface area contributed by atoms with Crippen LogP contribution in [0.4, 0.5) is 0 Å². The maximum atomic E-state index is 4.87. The minimum Gasteiger partial charge on any atom is -0.331 e. The Labute approximate surface area is 114 Å². The van der Waals surface area contributed by atoms with Crippen LogP contribution in [0.5, 0.6) is 0 Å². The van der Waals surface area contributed by atoms with Crippen molar-refractivity contribution < 1.29 is 0 Å². The second-order valence-corrected chi connectivity index (χ2v) is 6.14. The quantitative estimate of drug-likeness (QED) is 0.910. The number of rotatable bonds is 4. The van der Waals surface area contributed by atoms with Gasteiger partial charge in [0, 0.05) is 25.6 Å². The first kappa shape index (κ1) is 11.5. The van der Waals surface area contributed by atoms with Crippen molar-refractivity contribution in [1.82, 2.24) is 14.9 Å². The summed E-state index contributed by atoms with van der Waals surface area (Å²) < 4.78 is 2.29. The van der Waals surface area contributed by atoms with Crippen LogP contribution in [0.1, 0.15) is 49.4 Å². The molecule has 0 saturated heterocycles. The lowest BCUT2D eigenvalue weighted by Crippen LogP contribution is -2.15. The third-order valence-corrected chi connectivity index (χ3v) is 4.62. The van der Waals surface area contributed by atoms with Crippen molar-refractivity contribution in [2.75, 3.05) is 0 Å². The van der Waals surface area contributed by atoms with E-state index in [-0.39, 0.29) is 0 Å². The zero-order valence-corrected chi connectivity index (χ0v) is 11.5. The Balaban J connectivity index is 1.63. The Morgan fingerprint density at radius 1 is 1.26 bits per heavy atom. The first-order valence-corrected chi connectivity index (χ1v) is 7.50. The van der Waals surface area contributed by atoms with Crippen LogP contribution in [-0.4, -0.2) is 15.6 Å². The fourth-order valence-electron chi connectivity index (χ4n) is 2.96. The normalized spacial score (nSPS) is 19.8. The van der Waals surface area contributed by atoms with Gasteiger partial charge in [0.15, 0.2) is 0 Å². The summed E-state index contributed by atoms with van der Waals surface area (Å²) in [7, 11) is 2.16. The lowest BCUT2D eigenvalue weighted by molar-refractivity contribution is 0.395. The summed E-state index contributed by atoms with van der Waals surface area (Å²) in [5.41, 5.74) is 3.80. The minimum absolute atomic E-state index is 0.699. The highest BCUT2D eigenvalue weighted by Gasteiger charge is 2.24. The number of hydrogen-bond acceptors (Lipinski definition) is 2. The van der Waals surface area contributed by atoms with Gasteiger partial charge in [0.25, 0.3) is 0 Å². The molecule has 0 atom stereocenters. The van der Waals surface area contributed by atoms with Crippen LogP contribution in [0.3, 0.4) is 0 Å². The second-order valence-electron chi connectivity index (χ2n) is 6.14. The monoisotopic (exact) mass is 255 g/mol. The molecule has 0 unspecified atom stereocenters. The van der Waals surface area contributed by atoms with E-state index in [1.807, 2.05) is 0 Å². The molecule has 0 spiro atoms. The molecule has 2 aliphatic carbocycles. The van der Waals surface area contributed by atoms with E-state index >= 15 is 0 Å². The van der Waals surface area contributed by atoms with Gasteiger partial charge in [-0.25, -0.2) is 4.98 Å². The van der Waals surface area contributed by atoms with E-state index < -0.39 is 0 Å². The van der Waals surface area contributed by atoms with Gasteiger partial charge in [0.2, 0.25) is 0 Å². The highest BCUT2D eigenvalue weighted by Crippen LogP contribution is 2.36. The number of fused-ring (bicyclic) bond motifs is 1. The summed E-state index contributed by atoms with van der Waals surface area (Å²) in [6.07, 6.45) is 6.68. The SMILES string of the molecule is Cn1c(C2CCC2)nc2cc(CNC3CC3)ccc21. The van der Waals surface area contributed by atoms with E-state index in [1.165, 1.54) is 54.5 Å². The third kappa shape index (κ3) is 2.06. The van der Waals surface area contributed by atoms with Crippen LogP contribution in [0.2, 0.25) is 0 Å². The molecule has 3 heteroatoms. The molecule has 0 amide bonds. The van der Waals surface area contributed by atoms with Crippen LogP contribution < -0.4 is 5.32 Å². The number of imidazole rings is 1. The lowest BCUT2D eigenvalue weighted by Gasteiger charge is -2.24. The molecule has 0 radical (unpaired) electrons. The lowest BCUT2D eigenvalue weighted by atomic mass is 9.85. The van der Waals surface area contributed by atoms with Gasteiger partial charge >= 0.3 is 0 Å². The topological polar surface area (TPSA) is 29.9 Å². The molecule has 1 aromatic heterocycles. The Hall–Kier alpha value is -1.35. The minimum atomic E-state index is 0.699. The van der Waals surface area contributed by atoms with Gasteiger partial charge in [-0.15, -0.1) is 0 Å². The fourth-order valence-corrected chi connectivity index (χ4v) is 2.96. The Bertz CT molecular complexity index is 606. The van der Waals surface area contributed by atoms with Crippen molar-refractivity contribution in [2.24, 2.45) is 7.05 Å². The summed E-state index contributed by atoms with van der Waals surface area (Å²) in [5, 5.41) is 3.57. The molecule has 2 aromatic rings. The molecule has 2 aliphatic rings. The third-order valence-electron chi connectivity index (χ3n) is 4.62. The first-order chi connectivity index (χ1) is 9.31. The van der Waals surface area contributed by atoms with Crippen molar-refractivity contribution in [3.63, 3.8) is 0 Å². The van der Waals surface area contributed by atoms with Crippen molar-refractivity contribution in [2.45, 2.75) is 50.6 Å². The maximum absolute atomic E-state index is 4.87. The summed E-state index contributed by atoms with van der Waals surface area (Å²) in [6.45, 7) is 0.982. The molecule has 1 N–H and O–H groups in total. The Morgan fingerprint density at radius 3 is 2.79 bits per heavy atom. The van der Waals surface area contributed by atoms with Gasteiger partial charge in [-0.05, 0) is 43.4 Å². The van der Waals surface area contributed by atoms with Gasteiger partial charge < -0.3 is 9.88 Å². The number of aromatic nitrogens is 2. The molecular weight excluding hydrogens is 234 g/mol. The number of benzene rings is 1. The number of nitrogens with one attached hydrogen (secondary N) is 1. The van der Waals surface area contributed by atoms with E-state index in [9.17, 15) is 0 Å². The molecule has 2 saturated carbocycles. The average Bonchev–Trinajstić information content (AvgIpc) is 3.12. The highest BCUT2D eigenvalue weighted by molar-refractivity contribution is 5.77. The van der Waals surface area contributed by atoms with Gasteiger partial charge in [-0.1, -0.05) is 12.5 Å². The van der Waals surface area contributed by atoms with Gasteiger partial charge in [-0.2, -0.15) is 0 Å². The molecule has 0 aliphatic heterocycles. The summed E-state index contributed by atoms with van der Waals surface area (Å²) in [4.78, 5) is 4.87. The zero-order valence-electron chi connectivity index (χ0n) is 11.5. The predicted molar refractivity (Wildman–Crippen MR) is 77.2 cm³/mol. The smallest absolute Gasteiger partial charge is 0.112 e. The molecule has 1 aromatic carbocycles. The summed E-state index contributed by atoms with van der Waals surface area (Å²) >= 11 is 0. The number of aryl methyl sites for hydroxylation is 1. The van der Waals surface area contributed by atoms with E-state index in [2.05, 4.69) is 35.1 Å². The predicted octanol–water partition coefficient (Wildman–Crippen LogP) is 3.09. The van der Waals surface area contributed by atoms with Crippen molar-refractivity contribution in [3.05, 3.63) is 29.6 Å². The van der Waals surface area contributed by atoms with E-state index in [1.54, 1.807) is 0 Å². The van der Waals surface area contributed by atoms with Crippen LogP contribution in [-0.2, 0) is 13.6 Å². The average molecular weight is 255 g/mol. The molecule has 1 heterocycles. The summed E-state index contributed by atoms with van der Waals surface area (Å²) in [5.74, 6) is 1.99.